The summed E-state index contributed by atoms with van der Waals surface area (Å²) < 4.78 is 22.9. The Morgan fingerprint density at radius 3 is 2.67 bits per heavy atom. The molecule has 0 bridgehead atoms. The summed E-state index contributed by atoms with van der Waals surface area (Å²) in [5, 5.41) is 11.0. The summed E-state index contributed by atoms with van der Waals surface area (Å²) >= 11 is 0. The maximum atomic E-state index is 12.1. The predicted octanol–water partition coefficient (Wildman–Crippen LogP) is 1.14. The van der Waals surface area contributed by atoms with Crippen LogP contribution in [-0.4, -0.2) is 26.9 Å². The molecule has 1 aliphatic rings. The van der Waals surface area contributed by atoms with E-state index in [-0.39, 0.29) is 29.3 Å². The maximum Gasteiger partial charge on any atom is 0.241 e. The van der Waals surface area contributed by atoms with E-state index in [1.165, 1.54) is 6.07 Å². The number of nitrogens with two attached hydrogens (primary N) is 1. The standard InChI is InChI=1S/C13H19N3O3S.ClH/c1-9-5-6-10(8-12(9)20(14,18)19)16-13(17)11-4-2-3-7-15-11;/h5-6,8,11,15H,2-4,7H2,1H3,(H,16,17)(H2,14,18,19);1H. The highest BCUT2D eigenvalue weighted by molar-refractivity contribution is 7.89. The number of rotatable bonds is 3. The number of sulfonamides is 1. The molecule has 118 valence electrons. The molecule has 1 aliphatic heterocycles. The van der Waals surface area contributed by atoms with E-state index < -0.39 is 10.0 Å². The van der Waals surface area contributed by atoms with Crippen LogP contribution in [-0.2, 0) is 14.8 Å². The maximum absolute atomic E-state index is 12.1. The number of nitrogens with one attached hydrogen (secondary N) is 2. The van der Waals surface area contributed by atoms with Crippen molar-refractivity contribution in [3.05, 3.63) is 23.8 Å². The van der Waals surface area contributed by atoms with Crippen molar-refractivity contribution in [1.82, 2.24) is 5.32 Å². The van der Waals surface area contributed by atoms with Crippen molar-refractivity contribution in [3.63, 3.8) is 0 Å². The summed E-state index contributed by atoms with van der Waals surface area (Å²) in [7, 11) is -3.78. The van der Waals surface area contributed by atoms with Gasteiger partial charge < -0.3 is 10.6 Å². The van der Waals surface area contributed by atoms with Gasteiger partial charge in [-0.2, -0.15) is 0 Å². The van der Waals surface area contributed by atoms with Gasteiger partial charge in [0.25, 0.3) is 0 Å². The number of carbonyl (C=O) groups excluding carboxylic acids is 1. The Labute approximate surface area is 130 Å². The third kappa shape index (κ3) is 4.67. The van der Waals surface area contributed by atoms with Gasteiger partial charge in [0.1, 0.15) is 0 Å². The summed E-state index contributed by atoms with van der Waals surface area (Å²) in [5.74, 6) is -0.145. The first kappa shape index (κ1) is 17.9. The average Bonchev–Trinajstić information content (AvgIpc) is 2.40. The van der Waals surface area contributed by atoms with Crippen LogP contribution >= 0.6 is 12.4 Å². The highest BCUT2D eigenvalue weighted by Crippen LogP contribution is 2.19. The normalized spacial score (nSPS) is 18.7. The molecule has 1 unspecified atom stereocenters. The number of aryl methyl sites for hydroxylation is 1. The van der Waals surface area contributed by atoms with E-state index in [0.29, 0.717) is 11.3 Å². The SMILES string of the molecule is Cc1ccc(NC(=O)C2CCCCN2)cc1S(N)(=O)=O.Cl. The van der Waals surface area contributed by atoms with E-state index in [0.717, 1.165) is 25.8 Å². The monoisotopic (exact) mass is 333 g/mol. The fourth-order valence-corrected chi connectivity index (χ4v) is 3.10. The Morgan fingerprint density at radius 2 is 2.10 bits per heavy atom. The highest BCUT2D eigenvalue weighted by atomic mass is 35.5. The zero-order valence-corrected chi connectivity index (χ0v) is 13.4. The van der Waals surface area contributed by atoms with Gasteiger partial charge in [0.15, 0.2) is 0 Å². The van der Waals surface area contributed by atoms with Gasteiger partial charge >= 0.3 is 0 Å². The number of carbonyl (C=O) groups is 1. The third-order valence-corrected chi connectivity index (χ3v) is 4.44. The molecule has 1 saturated heterocycles. The van der Waals surface area contributed by atoms with Crippen molar-refractivity contribution in [2.24, 2.45) is 5.14 Å². The second-order valence-corrected chi connectivity index (χ2v) is 6.55. The van der Waals surface area contributed by atoms with Crippen molar-refractivity contribution in [3.8, 4) is 0 Å². The molecule has 2 rings (SSSR count). The molecule has 1 fully saturated rings. The lowest BCUT2D eigenvalue weighted by Crippen LogP contribution is -2.43. The fraction of sp³-hybridized carbons (Fsp3) is 0.462. The number of amides is 1. The molecule has 1 heterocycles. The fourth-order valence-electron chi connectivity index (χ4n) is 2.29. The van der Waals surface area contributed by atoms with Gasteiger partial charge in [-0.15, -0.1) is 12.4 Å². The van der Waals surface area contributed by atoms with Crippen LogP contribution in [0.1, 0.15) is 24.8 Å². The van der Waals surface area contributed by atoms with Gasteiger partial charge in [0.2, 0.25) is 15.9 Å². The van der Waals surface area contributed by atoms with Crippen molar-refractivity contribution >= 4 is 34.0 Å². The minimum atomic E-state index is -3.78. The average molecular weight is 334 g/mol. The second kappa shape index (κ2) is 7.22. The van der Waals surface area contributed by atoms with Crippen LogP contribution in [0.25, 0.3) is 0 Å². The molecule has 0 aliphatic carbocycles. The molecular formula is C13H20ClN3O3S. The van der Waals surface area contributed by atoms with Gasteiger partial charge in [-0.1, -0.05) is 12.5 Å². The van der Waals surface area contributed by atoms with Gasteiger partial charge in [-0.05, 0) is 44.0 Å². The number of hydrogen-bond donors (Lipinski definition) is 3. The molecule has 1 aromatic carbocycles. The van der Waals surface area contributed by atoms with Crippen LogP contribution < -0.4 is 15.8 Å². The minimum Gasteiger partial charge on any atom is -0.325 e. The lowest BCUT2D eigenvalue weighted by atomic mass is 10.0. The number of benzene rings is 1. The Bertz CT molecular complexity index is 613. The molecule has 0 saturated carbocycles. The topological polar surface area (TPSA) is 101 Å². The molecule has 1 aromatic rings. The zero-order chi connectivity index (χ0) is 14.8. The van der Waals surface area contributed by atoms with Crippen molar-refractivity contribution in [2.45, 2.75) is 37.1 Å². The molecular weight excluding hydrogens is 314 g/mol. The number of hydrogen-bond acceptors (Lipinski definition) is 4. The molecule has 4 N–H and O–H groups in total. The van der Waals surface area contributed by atoms with Crippen LogP contribution in [0.4, 0.5) is 5.69 Å². The first-order valence-corrected chi connectivity index (χ1v) is 8.10. The Morgan fingerprint density at radius 1 is 1.38 bits per heavy atom. The Balaban J connectivity index is 0.00000220. The molecule has 1 atom stereocenters. The van der Waals surface area contributed by atoms with Crippen LogP contribution in [0.3, 0.4) is 0 Å². The largest absolute Gasteiger partial charge is 0.325 e. The summed E-state index contributed by atoms with van der Waals surface area (Å²) in [6.07, 6.45) is 2.88. The van der Waals surface area contributed by atoms with E-state index in [1.54, 1.807) is 19.1 Å². The molecule has 0 spiro atoms. The van der Waals surface area contributed by atoms with Crippen molar-refractivity contribution in [2.75, 3.05) is 11.9 Å². The zero-order valence-electron chi connectivity index (χ0n) is 11.8. The summed E-state index contributed by atoms with van der Waals surface area (Å²) in [6, 6.07) is 4.47. The summed E-state index contributed by atoms with van der Waals surface area (Å²) in [4.78, 5) is 12.1. The lowest BCUT2D eigenvalue weighted by molar-refractivity contribution is -0.118. The quantitative estimate of drug-likeness (QED) is 0.772. The van der Waals surface area contributed by atoms with Gasteiger partial charge in [-0.25, -0.2) is 13.6 Å². The smallest absolute Gasteiger partial charge is 0.241 e. The molecule has 6 nitrogen and oxygen atoms in total. The van der Waals surface area contributed by atoms with Gasteiger partial charge in [-0.3, -0.25) is 4.79 Å². The predicted molar refractivity (Wildman–Crippen MR) is 84.1 cm³/mol. The first-order valence-electron chi connectivity index (χ1n) is 6.55. The number of primary sulfonamides is 1. The third-order valence-electron chi connectivity index (χ3n) is 3.39. The van der Waals surface area contributed by atoms with Gasteiger partial charge in [0, 0.05) is 5.69 Å². The number of halogens is 1. The summed E-state index contributed by atoms with van der Waals surface area (Å²) in [6.45, 7) is 2.49. The first-order chi connectivity index (χ1) is 9.38. The molecule has 0 radical (unpaired) electrons. The van der Waals surface area contributed by atoms with Crippen LogP contribution in [0.15, 0.2) is 23.1 Å². The number of anilines is 1. The Hall–Kier alpha value is -1.15. The molecule has 8 heteroatoms. The molecule has 0 aromatic heterocycles. The lowest BCUT2D eigenvalue weighted by Gasteiger charge is -2.22. The molecule has 1 amide bonds. The van der Waals surface area contributed by atoms with Crippen molar-refractivity contribution in [1.29, 1.82) is 0 Å². The van der Waals surface area contributed by atoms with E-state index in [4.69, 9.17) is 5.14 Å². The van der Waals surface area contributed by atoms with Crippen LogP contribution in [0, 0.1) is 6.92 Å². The molecule has 21 heavy (non-hydrogen) atoms. The van der Waals surface area contributed by atoms with Gasteiger partial charge in [0.05, 0.1) is 10.9 Å². The van der Waals surface area contributed by atoms with E-state index >= 15 is 0 Å². The van der Waals surface area contributed by atoms with E-state index in [9.17, 15) is 13.2 Å². The van der Waals surface area contributed by atoms with E-state index in [2.05, 4.69) is 10.6 Å². The Kier molecular flexibility index (Phi) is 6.15. The minimum absolute atomic E-state index is 0. The van der Waals surface area contributed by atoms with Crippen LogP contribution in [0.2, 0.25) is 0 Å². The number of piperidine rings is 1. The van der Waals surface area contributed by atoms with E-state index in [1.807, 2.05) is 0 Å². The highest BCUT2D eigenvalue weighted by Gasteiger charge is 2.21. The summed E-state index contributed by atoms with van der Waals surface area (Å²) in [5.41, 5.74) is 0.998. The van der Waals surface area contributed by atoms with Crippen molar-refractivity contribution < 1.29 is 13.2 Å². The van der Waals surface area contributed by atoms with Crippen LogP contribution in [0.5, 0.6) is 0 Å². The second-order valence-electron chi connectivity index (χ2n) is 5.02.